The Morgan fingerprint density at radius 2 is 1.95 bits per heavy atom. The number of hydrogen-bond donors (Lipinski definition) is 1. The Morgan fingerprint density at radius 3 is 2.55 bits per heavy atom. The second-order valence-electron chi connectivity index (χ2n) is 3.66. The Kier molecular flexibility index (Phi) is 4.33. The molecule has 0 saturated heterocycles. The summed E-state index contributed by atoms with van der Waals surface area (Å²) in [6.45, 7) is -2.86. The fourth-order valence-electron chi connectivity index (χ4n) is 1.47. The maximum absolute atomic E-state index is 12.0. The van der Waals surface area contributed by atoms with Gasteiger partial charge in [-0.05, 0) is 30.3 Å². The lowest BCUT2D eigenvalue weighted by Crippen LogP contribution is -2.02. The van der Waals surface area contributed by atoms with Gasteiger partial charge in [0.25, 0.3) is 0 Å². The smallest absolute Gasteiger partial charge is 0.387 e. The lowest BCUT2D eigenvalue weighted by atomic mass is 10.2. The maximum atomic E-state index is 12.0. The van der Waals surface area contributed by atoms with Gasteiger partial charge in [0.05, 0.1) is 5.56 Å². The summed E-state index contributed by atoms with van der Waals surface area (Å²) in [5.74, 6) is 0.364. The molecule has 2 aromatic rings. The van der Waals surface area contributed by atoms with Crippen molar-refractivity contribution >= 4 is 23.1 Å². The van der Waals surface area contributed by atoms with E-state index in [1.165, 1.54) is 36.5 Å². The molecule has 0 radical (unpaired) electrons. The number of ether oxygens (including phenoxy) is 1. The fraction of sp³-hybridized carbons (Fsp3) is 0.0769. The molecule has 102 valence electrons. The molecule has 1 aromatic carbocycles. The highest BCUT2D eigenvalue weighted by atomic mass is 35.5. The molecule has 0 atom stereocenters. The minimum absolute atomic E-state index is 0.0513. The van der Waals surface area contributed by atoms with Crippen molar-refractivity contribution in [2.24, 2.45) is 0 Å². The number of hydrogen-bond acceptors (Lipinski definition) is 4. The van der Waals surface area contributed by atoms with E-state index >= 15 is 0 Å². The molecule has 1 N–H and O–H groups in total. The summed E-state index contributed by atoms with van der Waals surface area (Å²) in [6.07, 6.45) is 1.45. The van der Waals surface area contributed by atoms with Crippen LogP contribution in [-0.2, 0) is 0 Å². The lowest BCUT2D eigenvalue weighted by Gasteiger charge is -2.09. The number of aromatic nitrogens is 1. The average molecular weight is 296 g/mol. The minimum atomic E-state index is -2.86. The number of benzene rings is 1. The number of nitrogens with one attached hydrogen (secondary N) is 1. The Bertz CT molecular complexity index is 641. The van der Waals surface area contributed by atoms with Crippen molar-refractivity contribution in [1.82, 2.24) is 4.98 Å². The highest BCUT2D eigenvalue weighted by molar-refractivity contribution is 6.34. The predicted octanol–water partition coefficient (Wildman–Crippen LogP) is 3.95. The number of halogens is 3. The van der Waals surface area contributed by atoms with Crippen LogP contribution in [0.3, 0.4) is 0 Å². The maximum Gasteiger partial charge on any atom is 0.387 e. The van der Waals surface area contributed by atoms with Crippen LogP contribution >= 0.6 is 11.6 Å². The topological polar surface area (TPSA) is 57.9 Å². The van der Waals surface area contributed by atoms with Gasteiger partial charge in [0, 0.05) is 11.9 Å². The molecule has 0 amide bonds. The van der Waals surface area contributed by atoms with Gasteiger partial charge in [-0.1, -0.05) is 11.6 Å². The van der Waals surface area contributed by atoms with E-state index in [1.54, 1.807) is 0 Å². The van der Waals surface area contributed by atoms with Gasteiger partial charge in [0.15, 0.2) is 5.82 Å². The van der Waals surface area contributed by atoms with E-state index in [2.05, 4.69) is 15.0 Å². The largest absolute Gasteiger partial charge is 0.435 e. The van der Waals surface area contributed by atoms with Gasteiger partial charge in [0.2, 0.25) is 0 Å². The highest BCUT2D eigenvalue weighted by Gasteiger charge is 2.08. The van der Waals surface area contributed by atoms with Crippen LogP contribution in [0, 0.1) is 11.3 Å². The van der Waals surface area contributed by atoms with Crippen molar-refractivity contribution < 1.29 is 13.5 Å². The van der Waals surface area contributed by atoms with E-state index < -0.39 is 6.61 Å². The summed E-state index contributed by atoms with van der Waals surface area (Å²) < 4.78 is 28.3. The molecule has 1 aromatic heterocycles. The molecule has 0 aliphatic rings. The summed E-state index contributed by atoms with van der Waals surface area (Å²) >= 11 is 5.99. The van der Waals surface area contributed by atoms with Crippen molar-refractivity contribution in [3.05, 3.63) is 47.1 Å². The zero-order valence-electron chi connectivity index (χ0n) is 9.98. The third-order valence-corrected chi connectivity index (χ3v) is 2.73. The van der Waals surface area contributed by atoms with Crippen molar-refractivity contribution in [2.45, 2.75) is 6.61 Å². The first-order valence-corrected chi connectivity index (χ1v) is 5.84. The molecule has 0 aliphatic heterocycles. The van der Waals surface area contributed by atoms with Crippen molar-refractivity contribution in [3.8, 4) is 11.8 Å². The molecule has 0 unspecified atom stereocenters. The van der Waals surface area contributed by atoms with E-state index in [4.69, 9.17) is 16.9 Å². The molecule has 7 heteroatoms. The van der Waals surface area contributed by atoms with E-state index in [9.17, 15) is 8.78 Å². The summed E-state index contributed by atoms with van der Waals surface area (Å²) in [6, 6.07) is 9.27. The minimum Gasteiger partial charge on any atom is -0.435 e. The Hall–Kier alpha value is -2.39. The number of nitriles is 1. The van der Waals surface area contributed by atoms with Crippen LogP contribution in [0.4, 0.5) is 20.3 Å². The molecule has 20 heavy (non-hydrogen) atoms. The van der Waals surface area contributed by atoms with Gasteiger partial charge in [-0.15, -0.1) is 0 Å². The van der Waals surface area contributed by atoms with Gasteiger partial charge in [0.1, 0.15) is 16.8 Å². The monoisotopic (exact) mass is 295 g/mol. The van der Waals surface area contributed by atoms with Gasteiger partial charge in [-0.25, -0.2) is 4.98 Å². The summed E-state index contributed by atoms with van der Waals surface area (Å²) in [7, 11) is 0. The van der Waals surface area contributed by atoms with Crippen molar-refractivity contribution in [1.29, 1.82) is 5.26 Å². The first kappa shape index (κ1) is 14.0. The normalized spacial score (nSPS) is 10.2. The van der Waals surface area contributed by atoms with E-state index in [1.807, 2.05) is 6.07 Å². The molecule has 4 nitrogen and oxygen atoms in total. The highest BCUT2D eigenvalue weighted by Crippen LogP contribution is 2.27. The van der Waals surface area contributed by atoms with Crippen LogP contribution in [0.25, 0.3) is 0 Å². The SMILES string of the molecule is N#Cc1ccnc(Nc2ccc(OC(F)F)cc2)c1Cl. The van der Waals surface area contributed by atoms with Crippen molar-refractivity contribution in [3.63, 3.8) is 0 Å². The van der Waals surface area contributed by atoms with E-state index in [-0.39, 0.29) is 10.8 Å². The zero-order valence-corrected chi connectivity index (χ0v) is 10.7. The molecule has 0 saturated carbocycles. The van der Waals surface area contributed by atoms with Crippen LogP contribution in [0.5, 0.6) is 5.75 Å². The molecule has 0 bridgehead atoms. The summed E-state index contributed by atoms with van der Waals surface area (Å²) in [4.78, 5) is 4.01. The van der Waals surface area contributed by atoms with Gasteiger partial charge in [-0.3, -0.25) is 0 Å². The molecule has 1 heterocycles. The number of anilines is 2. The number of nitrogens with zero attached hydrogens (tertiary/aromatic N) is 2. The molecule has 0 aliphatic carbocycles. The van der Waals surface area contributed by atoms with Crippen LogP contribution in [0.2, 0.25) is 5.02 Å². The third kappa shape index (κ3) is 3.33. The van der Waals surface area contributed by atoms with E-state index in [0.717, 1.165) is 0 Å². The summed E-state index contributed by atoms with van der Waals surface area (Å²) in [5.41, 5.74) is 0.873. The second kappa shape index (κ2) is 6.17. The molecular formula is C13H8ClF2N3O. The Labute approximate surface area is 118 Å². The lowest BCUT2D eigenvalue weighted by molar-refractivity contribution is -0.0498. The summed E-state index contributed by atoms with van der Waals surface area (Å²) in [5, 5.41) is 11.9. The first-order valence-electron chi connectivity index (χ1n) is 5.46. The number of alkyl halides is 2. The quantitative estimate of drug-likeness (QED) is 0.928. The third-order valence-electron chi connectivity index (χ3n) is 2.35. The number of rotatable bonds is 4. The Morgan fingerprint density at radius 1 is 1.25 bits per heavy atom. The zero-order chi connectivity index (χ0) is 14.5. The standard InChI is InChI=1S/C13H8ClF2N3O/c14-11-8(7-17)5-6-18-12(11)19-9-1-3-10(4-2-9)20-13(15)16/h1-6,13H,(H,18,19). The fourth-order valence-corrected chi connectivity index (χ4v) is 1.67. The number of pyridine rings is 1. The van der Waals surface area contributed by atoms with E-state index in [0.29, 0.717) is 17.1 Å². The van der Waals surface area contributed by atoms with Crippen LogP contribution < -0.4 is 10.1 Å². The van der Waals surface area contributed by atoms with Crippen molar-refractivity contribution in [2.75, 3.05) is 5.32 Å². The molecule has 2 rings (SSSR count). The second-order valence-corrected chi connectivity index (χ2v) is 4.04. The van der Waals surface area contributed by atoms with Gasteiger partial charge >= 0.3 is 6.61 Å². The van der Waals surface area contributed by atoms with Crippen LogP contribution in [-0.4, -0.2) is 11.6 Å². The Balaban J connectivity index is 2.17. The average Bonchev–Trinajstić information content (AvgIpc) is 2.43. The van der Waals surface area contributed by atoms with Gasteiger partial charge in [-0.2, -0.15) is 14.0 Å². The molecular weight excluding hydrogens is 288 g/mol. The van der Waals surface area contributed by atoms with Crippen LogP contribution in [0.1, 0.15) is 5.56 Å². The first-order chi connectivity index (χ1) is 9.60. The molecule has 0 spiro atoms. The van der Waals surface area contributed by atoms with Gasteiger partial charge < -0.3 is 10.1 Å². The predicted molar refractivity (Wildman–Crippen MR) is 70.3 cm³/mol. The van der Waals surface area contributed by atoms with Crippen LogP contribution in [0.15, 0.2) is 36.5 Å². The molecule has 0 fully saturated rings.